The Bertz CT molecular complexity index is 1060. The first-order chi connectivity index (χ1) is 16.9. The fourth-order valence-corrected chi connectivity index (χ4v) is 3.31. The van der Waals surface area contributed by atoms with Gasteiger partial charge in [0, 0.05) is 11.4 Å². The van der Waals surface area contributed by atoms with Crippen molar-refractivity contribution >= 4 is 101 Å². The van der Waals surface area contributed by atoms with E-state index in [9.17, 15) is 19.2 Å². The van der Waals surface area contributed by atoms with Crippen LogP contribution in [-0.2, 0) is 19.2 Å². The minimum absolute atomic E-state index is 0.387. The van der Waals surface area contributed by atoms with Crippen LogP contribution in [0.3, 0.4) is 0 Å². The van der Waals surface area contributed by atoms with Crippen LogP contribution in [0.4, 0.5) is 27.5 Å². The summed E-state index contributed by atoms with van der Waals surface area (Å²) in [7, 11) is 11.7. The maximum absolute atomic E-state index is 12.3. The number of urea groups is 1. The first kappa shape index (κ1) is 30.7. The first-order valence-electron chi connectivity index (χ1n) is 10.1. The third-order valence-corrected chi connectivity index (χ3v) is 11.7. The van der Waals surface area contributed by atoms with E-state index in [4.69, 9.17) is 4.84 Å². The summed E-state index contributed by atoms with van der Waals surface area (Å²) in [6.07, 6.45) is 0.904. The van der Waals surface area contributed by atoms with E-state index in [0.717, 1.165) is 10.2 Å². The van der Waals surface area contributed by atoms with Gasteiger partial charge < -0.3 is 10.6 Å². The summed E-state index contributed by atoms with van der Waals surface area (Å²) in [5.74, 6) is -0.438. The number of nitrogens with zero attached hydrogens (tertiary/aromatic N) is 2. The maximum atomic E-state index is 12.3. The van der Waals surface area contributed by atoms with Crippen molar-refractivity contribution in [3.63, 3.8) is 0 Å². The zero-order chi connectivity index (χ0) is 26.9. The number of hydrogen-bond donors (Lipinski definition) is 4. The molecule has 6 atom stereocenters. The Morgan fingerprint density at radius 1 is 0.889 bits per heavy atom. The van der Waals surface area contributed by atoms with Crippen LogP contribution in [-0.4, -0.2) is 51.8 Å². The molecule has 0 heterocycles. The lowest BCUT2D eigenvalue weighted by molar-refractivity contribution is -0.164. The maximum Gasteiger partial charge on any atom is 0.323 e. The topological polar surface area (TPSA) is 132 Å². The van der Waals surface area contributed by atoms with E-state index in [0.29, 0.717) is 35.6 Å². The van der Waals surface area contributed by atoms with Crippen LogP contribution in [0, 0.1) is 0 Å². The zero-order valence-electron chi connectivity index (χ0n) is 19.1. The van der Waals surface area contributed by atoms with Gasteiger partial charge in [0.2, 0.25) is 6.41 Å². The number of hydrogen-bond acceptors (Lipinski definition) is 7. The van der Waals surface area contributed by atoms with Crippen molar-refractivity contribution in [2.24, 2.45) is 0 Å². The largest absolute Gasteiger partial charge is 0.323 e. The second-order valence-electron chi connectivity index (χ2n) is 7.18. The molecule has 0 aliphatic carbocycles. The second kappa shape index (κ2) is 14.4. The highest BCUT2D eigenvalue weighted by Crippen LogP contribution is 2.61. The number of hydroxylamine groups is 1. The molecule has 0 radical (unpaired) electrons. The molecule has 2 rings (SSSR count). The number of amides is 5. The third kappa shape index (κ3) is 9.73. The molecule has 2 aromatic rings. The predicted molar refractivity (Wildman–Crippen MR) is 163 cm³/mol. The minimum atomic E-state index is -0.695. The number of imide groups is 1. The molecule has 36 heavy (non-hydrogen) atoms. The van der Waals surface area contributed by atoms with Crippen LogP contribution in [0.5, 0.6) is 0 Å². The van der Waals surface area contributed by atoms with Gasteiger partial charge in [-0.3, -0.25) is 25.2 Å². The summed E-state index contributed by atoms with van der Waals surface area (Å²) in [5, 5.41) is 6.69. The monoisotopic (exact) mass is 606 g/mol. The van der Waals surface area contributed by atoms with Gasteiger partial charge in [-0.2, -0.15) is 5.01 Å². The molecule has 11 nitrogen and oxygen atoms in total. The zero-order valence-corrected chi connectivity index (χ0v) is 25.8. The molecule has 0 aliphatic rings. The van der Waals surface area contributed by atoms with E-state index in [-0.39, 0.29) is 0 Å². The highest BCUT2D eigenvalue weighted by atomic mass is 32.0. The van der Waals surface area contributed by atoms with Crippen LogP contribution in [0.2, 0.25) is 0 Å². The molecule has 0 saturated heterocycles. The summed E-state index contributed by atoms with van der Waals surface area (Å²) in [5.41, 5.74) is 7.60. The van der Waals surface area contributed by atoms with Gasteiger partial charge in [0.15, 0.2) is 0 Å². The fourth-order valence-electron chi connectivity index (χ4n) is 2.40. The Labute approximate surface area is 221 Å². The van der Waals surface area contributed by atoms with E-state index >= 15 is 0 Å². The van der Waals surface area contributed by atoms with Gasteiger partial charge >= 0.3 is 6.03 Å². The Morgan fingerprint density at radius 2 is 1.33 bits per heavy atom. The van der Waals surface area contributed by atoms with Crippen molar-refractivity contribution in [3.8, 4) is 0 Å². The van der Waals surface area contributed by atoms with Crippen LogP contribution < -0.4 is 21.5 Å². The Kier molecular flexibility index (Phi) is 12.3. The highest BCUT2D eigenvalue weighted by Gasteiger charge is 2.27. The molecule has 0 fully saturated rings. The van der Waals surface area contributed by atoms with Crippen LogP contribution >= 0.6 is 53.5 Å². The first-order valence-corrected chi connectivity index (χ1v) is 16.0. The Morgan fingerprint density at radius 3 is 1.72 bits per heavy atom. The van der Waals surface area contributed by atoms with Gasteiger partial charge in [-0.1, -0.05) is 18.5 Å². The van der Waals surface area contributed by atoms with Crippen molar-refractivity contribution < 1.29 is 24.0 Å². The molecule has 5 amide bonds. The Hall–Kier alpha value is -1.54. The number of nitrogens with one attached hydrogen (secondary N) is 4. The lowest BCUT2D eigenvalue weighted by Gasteiger charge is -2.32. The number of carbonyl (C=O) groups is 4. The lowest BCUT2D eigenvalue weighted by atomic mass is 10.3. The van der Waals surface area contributed by atoms with Crippen LogP contribution in [0.1, 0.15) is 0 Å². The van der Waals surface area contributed by atoms with Crippen molar-refractivity contribution in [1.82, 2.24) is 10.2 Å². The molecule has 0 spiro atoms. The summed E-state index contributed by atoms with van der Waals surface area (Å²) in [6.45, 7) is 1.98. The molecule has 0 aromatic heterocycles. The van der Waals surface area contributed by atoms with E-state index < -0.39 is 29.8 Å². The smallest absolute Gasteiger partial charge is 0.308 e. The lowest BCUT2D eigenvalue weighted by Crippen LogP contribution is -2.38. The summed E-state index contributed by atoms with van der Waals surface area (Å²) < 4.78 is 0. The van der Waals surface area contributed by atoms with Gasteiger partial charge in [0.05, 0.1) is 16.8 Å². The second-order valence-corrected chi connectivity index (χ2v) is 17.0. The third-order valence-electron chi connectivity index (χ3n) is 4.29. The van der Waals surface area contributed by atoms with Crippen LogP contribution in [0.25, 0.3) is 0 Å². The molecule has 0 saturated carbocycles. The van der Waals surface area contributed by atoms with Crippen molar-refractivity contribution in [3.05, 3.63) is 48.5 Å². The number of hydrazine groups is 2. The number of anilines is 4. The molecule has 0 aliphatic heterocycles. The normalized spacial score (nSPS) is 11.8. The number of benzene rings is 2. The van der Waals surface area contributed by atoms with Gasteiger partial charge in [-0.25, -0.2) is 9.63 Å². The van der Waals surface area contributed by atoms with E-state index in [1.54, 1.807) is 48.5 Å². The van der Waals surface area contributed by atoms with Gasteiger partial charge in [0.25, 0.3) is 12.3 Å². The average Bonchev–Trinajstić information content (AvgIpc) is 2.83. The summed E-state index contributed by atoms with van der Waals surface area (Å²) >= 11 is 0. The standard InChI is InChI=1S/C19H28N6O5P6/c1-36(35)19(33,34)30-25(11-27)23-15-8-4-13(5-9-15)21-18(29)20-12-2-6-14(7-3-12)22-24(10-26)16(28)17(31)32/h2-11,17,22-23H,31-35H2,1H3,(H2,20,21,29). The van der Waals surface area contributed by atoms with Crippen molar-refractivity contribution in [2.75, 3.05) is 28.1 Å². The van der Waals surface area contributed by atoms with Gasteiger partial charge in [0.1, 0.15) is 4.82 Å². The van der Waals surface area contributed by atoms with E-state index in [1.165, 1.54) is 0 Å². The number of carbonyl (C=O) groups excluding carboxylic acids is 4. The molecule has 2 aromatic carbocycles. The van der Waals surface area contributed by atoms with Crippen molar-refractivity contribution in [2.45, 2.75) is 10.2 Å². The molecule has 6 unspecified atom stereocenters. The predicted octanol–water partition coefficient (Wildman–Crippen LogP) is 3.70. The van der Waals surface area contributed by atoms with Crippen molar-refractivity contribution in [1.29, 1.82) is 0 Å². The van der Waals surface area contributed by atoms with E-state index in [2.05, 4.69) is 67.4 Å². The molecular formula is C19H28N6O5P6. The fraction of sp³-hybridized carbons (Fsp3) is 0.158. The highest BCUT2D eigenvalue weighted by molar-refractivity contribution is 8.17. The SMILES string of the molecule is CP(P)C(P)(P)ON(C=O)Nc1ccc(NC(=O)Nc2ccc(NN(C=O)C(=O)C(P)P)cc2)cc1. The molecule has 0 bridgehead atoms. The summed E-state index contributed by atoms with van der Waals surface area (Å²) in [6, 6.07) is 12.6. The molecule has 4 N–H and O–H groups in total. The van der Waals surface area contributed by atoms with Crippen LogP contribution in [0.15, 0.2) is 48.5 Å². The molecule has 17 heteroatoms. The van der Waals surface area contributed by atoms with Gasteiger partial charge in [-0.05, 0) is 62.8 Å². The summed E-state index contributed by atoms with van der Waals surface area (Å²) in [4.78, 5) is 51.7. The minimum Gasteiger partial charge on any atom is -0.308 e. The average molecular weight is 606 g/mol. The molecule has 194 valence electrons. The molecular weight excluding hydrogens is 578 g/mol. The quantitative estimate of drug-likeness (QED) is 0.165. The Balaban J connectivity index is 1.91. The number of rotatable bonds is 12. The van der Waals surface area contributed by atoms with Gasteiger partial charge in [-0.15, -0.1) is 32.6 Å². The van der Waals surface area contributed by atoms with E-state index in [1.807, 2.05) is 6.66 Å².